The van der Waals surface area contributed by atoms with E-state index >= 15 is 0 Å². The number of carboxylic acid groups (broad SMARTS) is 2. The van der Waals surface area contributed by atoms with E-state index in [0.717, 1.165) is 38.5 Å². The molecule has 45 heavy (non-hydrogen) atoms. The number of carbonyl (C=O) groups is 2. The predicted octanol–water partition coefficient (Wildman–Crippen LogP) is 13.6. The van der Waals surface area contributed by atoms with Gasteiger partial charge in [-0.25, -0.2) is 0 Å². The monoisotopic (exact) mass is 655 g/mol. The fourth-order valence-corrected chi connectivity index (χ4v) is 7.76. The van der Waals surface area contributed by atoms with Crippen molar-refractivity contribution in [2.75, 3.05) is 11.5 Å². The number of aliphatic carboxylic acids is 2. The van der Waals surface area contributed by atoms with Crippen molar-refractivity contribution in [2.24, 2.45) is 11.8 Å². The second kappa shape index (κ2) is 36.1. The highest BCUT2D eigenvalue weighted by molar-refractivity contribution is 7.99. The van der Waals surface area contributed by atoms with Crippen molar-refractivity contribution in [3.05, 3.63) is 0 Å². The molecule has 0 aliphatic carbocycles. The van der Waals surface area contributed by atoms with Gasteiger partial charge in [0.25, 0.3) is 0 Å². The van der Waals surface area contributed by atoms with Crippen molar-refractivity contribution >= 4 is 23.7 Å². The van der Waals surface area contributed by atoms with E-state index in [1.165, 1.54) is 179 Å². The summed E-state index contributed by atoms with van der Waals surface area (Å²) in [5.74, 6) is -1.06. The van der Waals surface area contributed by atoms with E-state index in [4.69, 9.17) is 0 Å². The molecule has 0 aliphatic rings. The van der Waals surface area contributed by atoms with Crippen LogP contribution >= 0.6 is 11.8 Å². The number of thioether (sulfide) groups is 1. The van der Waals surface area contributed by atoms with Gasteiger partial charge in [0, 0.05) is 11.5 Å². The van der Waals surface area contributed by atoms with Gasteiger partial charge in [0.2, 0.25) is 0 Å². The molecular weight excluding hydrogens is 577 g/mol. The molecule has 0 heterocycles. The molecule has 0 bridgehead atoms. The van der Waals surface area contributed by atoms with Crippen molar-refractivity contribution in [3.63, 3.8) is 0 Å². The summed E-state index contributed by atoms with van der Waals surface area (Å²) in [5, 5.41) is 19.4. The number of hydrogen-bond acceptors (Lipinski definition) is 3. The molecule has 2 atom stereocenters. The van der Waals surface area contributed by atoms with Gasteiger partial charge in [-0.1, -0.05) is 206 Å². The van der Waals surface area contributed by atoms with E-state index in [1.807, 2.05) is 0 Å². The maximum absolute atomic E-state index is 11.8. The summed E-state index contributed by atoms with van der Waals surface area (Å²) >= 11 is 1.54. The Labute approximate surface area is 285 Å². The summed E-state index contributed by atoms with van der Waals surface area (Å²) in [6.07, 6.45) is 40.9. The molecule has 0 aromatic carbocycles. The van der Waals surface area contributed by atoms with E-state index in [9.17, 15) is 19.8 Å². The SMILES string of the molecule is CCCCCCCCCCCCCCCCCC(CSCC(CCCCCCCCCCCCCCCCC)C(=O)O)C(=O)O. The lowest BCUT2D eigenvalue weighted by molar-refractivity contribution is -0.141. The van der Waals surface area contributed by atoms with Crippen molar-refractivity contribution in [3.8, 4) is 0 Å². The lowest BCUT2D eigenvalue weighted by atomic mass is 10.0. The summed E-state index contributed by atoms with van der Waals surface area (Å²) in [6.45, 7) is 4.55. The molecule has 0 saturated heterocycles. The minimum absolute atomic E-state index is 0.350. The van der Waals surface area contributed by atoms with Crippen LogP contribution in [-0.2, 0) is 9.59 Å². The molecule has 0 saturated carbocycles. The minimum Gasteiger partial charge on any atom is -0.481 e. The number of hydrogen-bond donors (Lipinski definition) is 2. The molecule has 0 rings (SSSR count). The Morgan fingerprint density at radius 1 is 0.378 bits per heavy atom. The first-order chi connectivity index (χ1) is 22.0. The van der Waals surface area contributed by atoms with Crippen LogP contribution < -0.4 is 0 Å². The van der Waals surface area contributed by atoms with Crippen LogP contribution in [0, 0.1) is 11.8 Å². The van der Waals surface area contributed by atoms with Crippen molar-refractivity contribution < 1.29 is 19.8 Å². The molecule has 4 nitrogen and oxygen atoms in total. The van der Waals surface area contributed by atoms with Gasteiger partial charge in [-0.05, 0) is 12.8 Å². The summed E-state index contributed by atoms with van der Waals surface area (Å²) in [5.41, 5.74) is 0. The van der Waals surface area contributed by atoms with E-state index in [-0.39, 0.29) is 11.8 Å². The molecule has 0 fully saturated rings. The molecule has 2 N–H and O–H groups in total. The Hall–Kier alpha value is -0.710. The van der Waals surface area contributed by atoms with Gasteiger partial charge in [-0.15, -0.1) is 0 Å². The standard InChI is InChI=1S/C40H78O4S/c1-3-5-7-9-11-13-15-17-19-21-23-25-27-29-31-33-37(39(41)42)35-45-36-38(40(43)44)34-32-30-28-26-24-22-20-18-16-14-12-10-8-6-4-2/h37-38H,3-36H2,1-2H3,(H,41,42)(H,43,44). The van der Waals surface area contributed by atoms with E-state index in [0.29, 0.717) is 11.5 Å². The van der Waals surface area contributed by atoms with Crippen LogP contribution in [0.5, 0.6) is 0 Å². The van der Waals surface area contributed by atoms with E-state index in [1.54, 1.807) is 0 Å². The molecule has 0 spiro atoms. The first kappa shape index (κ1) is 44.3. The molecule has 5 heteroatoms. The Morgan fingerprint density at radius 2 is 0.578 bits per heavy atom. The van der Waals surface area contributed by atoms with Gasteiger partial charge in [0.15, 0.2) is 0 Å². The van der Waals surface area contributed by atoms with Gasteiger partial charge in [-0.2, -0.15) is 11.8 Å². The fraction of sp³-hybridized carbons (Fsp3) is 0.950. The van der Waals surface area contributed by atoms with Gasteiger partial charge >= 0.3 is 11.9 Å². The molecular formula is C40H78O4S. The molecule has 268 valence electrons. The van der Waals surface area contributed by atoms with Crippen LogP contribution in [0.25, 0.3) is 0 Å². The van der Waals surface area contributed by atoms with Crippen LogP contribution in [0.15, 0.2) is 0 Å². The Kier molecular flexibility index (Phi) is 35.6. The Bertz CT molecular complexity index is 573. The fourth-order valence-electron chi connectivity index (χ4n) is 6.43. The van der Waals surface area contributed by atoms with Crippen LogP contribution in [0.1, 0.15) is 219 Å². The number of unbranched alkanes of at least 4 members (excludes halogenated alkanes) is 28. The maximum atomic E-state index is 11.8. The summed E-state index contributed by atoms with van der Waals surface area (Å²) in [4.78, 5) is 23.6. The minimum atomic E-state index is -0.720. The van der Waals surface area contributed by atoms with Crippen LogP contribution in [-0.4, -0.2) is 33.7 Å². The largest absolute Gasteiger partial charge is 0.481 e. The summed E-state index contributed by atoms with van der Waals surface area (Å²) in [6, 6.07) is 0. The van der Waals surface area contributed by atoms with Crippen molar-refractivity contribution in [1.82, 2.24) is 0 Å². The molecule has 2 unspecified atom stereocenters. The normalized spacial score (nSPS) is 12.8. The van der Waals surface area contributed by atoms with Gasteiger partial charge in [0.05, 0.1) is 11.8 Å². The lowest BCUT2D eigenvalue weighted by Gasteiger charge is -2.15. The quantitative estimate of drug-likeness (QED) is 0.0648. The van der Waals surface area contributed by atoms with Gasteiger partial charge in [-0.3, -0.25) is 9.59 Å². The van der Waals surface area contributed by atoms with Gasteiger partial charge < -0.3 is 10.2 Å². The third-order valence-corrected chi connectivity index (χ3v) is 10.9. The third-order valence-electron chi connectivity index (χ3n) is 9.65. The molecule has 0 aromatic heterocycles. The average molecular weight is 655 g/mol. The topological polar surface area (TPSA) is 74.6 Å². The third kappa shape index (κ3) is 33.0. The first-order valence-corrected chi connectivity index (χ1v) is 21.2. The van der Waals surface area contributed by atoms with Gasteiger partial charge in [0.1, 0.15) is 0 Å². The van der Waals surface area contributed by atoms with Crippen LogP contribution in [0.2, 0.25) is 0 Å². The van der Waals surface area contributed by atoms with E-state index < -0.39 is 11.9 Å². The number of carboxylic acids is 2. The zero-order valence-corrected chi connectivity index (χ0v) is 31.1. The summed E-state index contributed by atoms with van der Waals surface area (Å²) in [7, 11) is 0. The second-order valence-electron chi connectivity index (χ2n) is 14.1. The maximum Gasteiger partial charge on any atom is 0.307 e. The van der Waals surface area contributed by atoms with Crippen molar-refractivity contribution in [2.45, 2.75) is 219 Å². The van der Waals surface area contributed by atoms with E-state index in [2.05, 4.69) is 13.8 Å². The van der Waals surface area contributed by atoms with Crippen LogP contribution in [0.3, 0.4) is 0 Å². The number of rotatable bonds is 38. The molecule has 0 radical (unpaired) electrons. The van der Waals surface area contributed by atoms with Crippen molar-refractivity contribution in [1.29, 1.82) is 0 Å². The highest BCUT2D eigenvalue weighted by Gasteiger charge is 2.21. The molecule has 0 amide bonds. The first-order valence-electron chi connectivity index (χ1n) is 20.1. The highest BCUT2D eigenvalue weighted by atomic mass is 32.2. The zero-order valence-electron chi connectivity index (χ0n) is 30.3. The molecule has 0 aromatic rings. The predicted molar refractivity (Wildman–Crippen MR) is 199 cm³/mol. The lowest BCUT2D eigenvalue weighted by Crippen LogP contribution is -2.20. The smallest absolute Gasteiger partial charge is 0.307 e. The second-order valence-corrected chi connectivity index (χ2v) is 15.2. The highest BCUT2D eigenvalue weighted by Crippen LogP contribution is 2.23. The van der Waals surface area contributed by atoms with Crippen LogP contribution in [0.4, 0.5) is 0 Å². The average Bonchev–Trinajstić information content (AvgIpc) is 3.02. The Balaban J connectivity index is 3.71. The Morgan fingerprint density at radius 3 is 0.778 bits per heavy atom. The zero-order chi connectivity index (χ0) is 33.1. The summed E-state index contributed by atoms with van der Waals surface area (Å²) < 4.78 is 0. The molecule has 0 aliphatic heterocycles.